The maximum absolute atomic E-state index is 14.1. The molecule has 1 amide bonds. The summed E-state index contributed by atoms with van der Waals surface area (Å²) in [6.07, 6.45) is 1.60. The van der Waals surface area contributed by atoms with Crippen LogP contribution in [0.25, 0.3) is 0 Å². The van der Waals surface area contributed by atoms with Gasteiger partial charge in [-0.15, -0.1) is 10.2 Å². The van der Waals surface area contributed by atoms with Gasteiger partial charge < -0.3 is 14.9 Å². The van der Waals surface area contributed by atoms with Gasteiger partial charge in [0, 0.05) is 55.8 Å². The van der Waals surface area contributed by atoms with Crippen molar-refractivity contribution in [2.24, 2.45) is 17.8 Å². The standard InChI is InChI=1S/C28H29ClN6O2/c1-18-14-35(15-19(2)28(18,37)20-6-4-3-5-7-20)27(36)24-17-34(26-11-9-22(12-30)32-33-26)16-23(24)25-10-8-21(29)13-31-25/h3-11,13,18-19,23-24,37H,14-17H2,1-2H3/t18-,19+,23-,24+,28?/m1/s1. The van der Waals surface area contributed by atoms with Crippen LogP contribution >= 0.6 is 11.6 Å². The zero-order chi connectivity index (χ0) is 26.2. The summed E-state index contributed by atoms with van der Waals surface area (Å²) in [5.74, 6) is -0.142. The second kappa shape index (κ2) is 10.1. The average molecular weight is 517 g/mol. The van der Waals surface area contributed by atoms with Gasteiger partial charge in [0.05, 0.1) is 16.5 Å². The van der Waals surface area contributed by atoms with E-state index in [2.05, 4.69) is 15.2 Å². The fourth-order valence-corrected chi connectivity index (χ4v) is 6.00. The molecule has 3 aromatic rings. The number of piperidine rings is 1. The summed E-state index contributed by atoms with van der Waals surface area (Å²) in [6.45, 7) is 5.93. The SMILES string of the molecule is C[C@@H]1CN(C(=O)[C@H]2CN(c3ccc(C#N)nn3)C[C@H]2c2ccc(Cl)cn2)C[C@H](C)C1(O)c1ccccc1. The van der Waals surface area contributed by atoms with Gasteiger partial charge in [-0.1, -0.05) is 55.8 Å². The number of likely N-dealkylation sites (tertiary alicyclic amines) is 1. The predicted molar refractivity (Wildman–Crippen MR) is 140 cm³/mol. The van der Waals surface area contributed by atoms with E-state index in [1.165, 1.54) is 0 Å². The first-order valence-electron chi connectivity index (χ1n) is 12.5. The van der Waals surface area contributed by atoms with Gasteiger partial charge in [-0.05, 0) is 29.8 Å². The molecule has 37 heavy (non-hydrogen) atoms. The summed E-state index contributed by atoms with van der Waals surface area (Å²) >= 11 is 6.09. The summed E-state index contributed by atoms with van der Waals surface area (Å²) in [7, 11) is 0. The second-order valence-corrected chi connectivity index (χ2v) is 10.6. The third kappa shape index (κ3) is 4.65. The Morgan fingerprint density at radius 2 is 1.76 bits per heavy atom. The van der Waals surface area contributed by atoms with Crippen molar-refractivity contribution in [1.29, 1.82) is 5.26 Å². The largest absolute Gasteiger partial charge is 0.384 e. The van der Waals surface area contributed by atoms with Crippen molar-refractivity contribution in [3.05, 3.63) is 82.8 Å². The molecule has 0 radical (unpaired) electrons. The molecule has 190 valence electrons. The molecule has 2 fully saturated rings. The molecule has 9 heteroatoms. The summed E-state index contributed by atoms with van der Waals surface area (Å²) in [5, 5.41) is 29.5. The maximum atomic E-state index is 14.1. The maximum Gasteiger partial charge on any atom is 0.228 e. The number of aliphatic hydroxyl groups is 1. The Balaban J connectivity index is 1.41. The number of carbonyl (C=O) groups is 1. The van der Waals surface area contributed by atoms with Crippen molar-refractivity contribution in [1.82, 2.24) is 20.1 Å². The average Bonchev–Trinajstić information content (AvgIpc) is 3.37. The Kier molecular flexibility index (Phi) is 6.84. The summed E-state index contributed by atoms with van der Waals surface area (Å²) in [6, 6.07) is 18.8. The van der Waals surface area contributed by atoms with Gasteiger partial charge in [0.25, 0.3) is 0 Å². The normalized spacial score (nSPS) is 27.6. The Bertz CT molecular complexity index is 1280. The number of hydrogen-bond acceptors (Lipinski definition) is 7. The van der Waals surface area contributed by atoms with Crippen molar-refractivity contribution in [2.45, 2.75) is 25.4 Å². The Morgan fingerprint density at radius 1 is 1.03 bits per heavy atom. The van der Waals surface area contributed by atoms with Crippen molar-refractivity contribution < 1.29 is 9.90 Å². The number of nitrogens with zero attached hydrogens (tertiary/aromatic N) is 6. The van der Waals surface area contributed by atoms with E-state index in [1.54, 1.807) is 24.4 Å². The molecular weight excluding hydrogens is 488 g/mol. The van der Waals surface area contributed by atoms with E-state index >= 15 is 0 Å². The van der Waals surface area contributed by atoms with Gasteiger partial charge in [0.1, 0.15) is 6.07 Å². The minimum atomic E-state index is -1.00. The van der Waals surface area contributed by atoms with Gasteiger partial charge >= 0.3 is 0 Å². The van der Waals surface area contributed by atoms with Crippen LogP contribution in [0.2, 0.25) is 5.02 Å². The quantitative estimate of drug-likeness (QED) is 0.564. The van der Waals surface area contributed by atoms with Crippen molar-refractivity contribution in [2.75, 3.05) is 31.1 Å². The number of hydrogen-bond donors (Lipinski definition) is 1. The molecule has 1 aromatic carbocycles. The highest BCUT2D eigenvalue weighted by Gasteiger charge is 2.49. The van der Waals surface area contributed by atoms with Crippen LogP contribution in [0.15, 0.2) is 60.8 Å². The van der Waals surface area contributed by atoms with E-state index in [9.17, 15) is 9.90 Å². The molecule has 4 heterocycles. The van der Waals surface area contributed by atoms with Crippen LogP contribution in [-0.4, -0.2) is 57.3 Å². The number of rotatable bonds is 4. The number of carbonyl (C=O) groups excluding carboxylic acids is 1. The zero-order valence-corrected chi connectivity index (χ0v) is 21.6. The molecular formula is C28H29ClN6O2. The lowest BCUT2D eigenvalue weighted by Crippen LogP contribution is -2.57. The van der Waals surface area contributed by atoms with Gasteiger partial charge in [-0.25, -0.2) is 0 Å². The highest BCUT2D eigenvalue weighted by atomic mass is 35.5. The van der Waals surface area contributed by atoms with Crippen molar-refractivity contribution in [3.63, 3.8) is 0 Å². The van der Waals surface area contributed by atoms with Crippen LogP contribution in [0.4, 0.5) is 5.82 Å². The first kappa shape index (κ1) is 25.1. The Hall–Kier alpha value is -3.54. The molecule has 2 aliphatic rings. The molecule has 0 bridgehead atoms. The van der Waals surface area contributed by atoms with E-state index in [0.717, 1.165) is 11.3 Å². The third-order valence-corrected chi connectivity index (χ3v) is 8.12. The van der Waals surface area contributed by atoms with E-state index in [1.807, 2.05) is 66.1 Å². The summed E-state index contributed by atoms with van der Waals surface area (Å²) < 4.78 is 0. The predicted octanol–water partition coefficient (Wildman–Crippen LogP) is 3.62. The number of halogens is 1. The second-order valence-electron chi connectivity index (χ2n) is 10.1. The Morgan fingerprint density at radius 3 is 2.35 bits per heavy atom. The number of anilines is 1. The summed E-state index contributed by atoms with van der Waals surface area (Å²) in [5.41, 5.74) is 0.922. The molecule has 1 N–H and O–H groups in total. The van der Waals surface area contributed by atoms with Crippen LogP contribution in [0.3, 0.4) is 0 Å². The van der Waals surface area contributed by atoms with Gasteiger partial charge in [0.15, 0.2) is 11.5 Å². The number of pyridine rings is 1. The first-order valence-corrected chi connectivity index (χ1v) is 12.9. The molecule has 1 unspecified atom stereocenters. The minimum absolute atomic E-state index is 0.0414. The van der Waals surface area contributed by atoms with Gasteiger partial charge in [-0.2, -0.15) is 5.26 Å². The van der Waals surface area contributed by atoms with E-state index in [4.69, 9.17) is 16.9 Å². The topological polar surface area (TPSA) is 106 Å². The molecule has 2 saturated heterocycles. The highest BCUT2D eigenvalue weighted by Crippen LogP contribution is 2.43. The first-order chi connectivity index (χ1) is 17.8. The van der Waals surface area contributed by atoms with Crippen LogP contribution in [0.1, 0.15) is 36.7 Å². The van der Waals surface area contributed by atoms with Crippen LogP contribution in [0.5, 0.6) is 0 Å². The fourth-order valence-electron chi connectivity index (χ4n) is 5.89. The molecule has 0 spiro atoms. The lowest BCUT2D eigenvalue weighted by Gasteiger charge is -2.48. The number of aromatic nitrogens is 3. The number of benzene rings is 1. The highest BCUT2D eigenvalue weighted by molar-refractivity contribution is 6.30. The monoisotopic (exact) mass is 516 g/mol. The molecule has 8 nitrogen and oxygen atoms in total. The smallest absolute Gasteiger partial charge is 0.228 e. The lowest BCUT2D eigenvalue weighted by atomic mass is 9.70. The van der Waals surface area contributed by atoms with Crippen molar-refractivity contribution in [3.8, 4) is 6.07 Å². The lowest BCUT2D eigenvalue weighted by molar-refractivity contribution is -0.152. The van der Waals surface area contributed by atoms with Crippen LogP contribution < -0.4 is 4.90 Å². The minimum Gasteiger partial charge on any atom is -0.384 e. The molecule has 2 aliphatic heterocycles. The van der Waals surface area contributed by atoms with Gasteiger partial charge in [-0.3, -0.25) is 9.78 Å². The Labute approximate surface area is 221 Å². The van der Waals surface area contributed by atoms with E-state index in [-0.39, 0.29) is 35.3 Å². The zero-order valence-electron chi connectivity index (χ0n) is 20.8. The molecule has 0 saturated carbocycles. The van der Waals surface area contributed by atoms with Gasteiger partial charge in [0.2, 0.25) is 5.91 Å². The fraction of sp³-hybridized carbons (Fsp3) is 0.393. The third-order valence-electron chi connectivity index (χ3n) is 7.90. The van der Waals surface area contributed by atoms with E-state index in [0.29, 0.717) is 37.0 Å². The molecule has 5 atom stereocenters. The number of amides is 1. The molecule has 0 aliphatic carbocycles. The van der Waals surface area contributed by atoms with E-state index < -0.39 is 5.60 Å². The number of nitriles is 1. The van der Waals surface area contributed by atoms with Crippen LogP contribution in [-0.2, 0) is 10.4 Å². The molecule has 2 aromatic heterocycles. The van der Waals surface area contributed by atoms with Crippen molar-refractivity contribution >= 4 is 23.3 Å². The molecule has 5 rings (SSSR count). The van der Waals surface area contributed by atoms with Crippen LogP contribution in [0, 0.1) is 29.1 Å². The summed E-state index contributed by atoms with van der Waals surface area (Å²) in [4.78, 5) is 22.5.